The van der Waals surface area contributed by atoms with Gasteiger partial charge in [-0.1, -0.05) is 467 Å². The Morgan fingerprint density at radius 2 is 0.518 bits per heavy atom. The third-order valence-electron chi connectivity index (χ3n) is 20.5. The van der Waals surface area contributed by atoms with E-state index in [-0.39, 0.29) is 18.1 Å². The molecule has 1 aliphatic carbocycles. The van der Waals surface area contributed by atoms with E-state index >= 15 is 0 Å². The summed E-state index contributed by atoms with van der Waals surface area (Å²) in [5.41, 5.74) is 8.53. The molecule has 5 nitrogen and oxygen atoms in total. The summed E-state index contributed by atoms with van der Waals surface area (Å²) in [7, 11) is 0. The molecule has 3 N–H and O–H groups in total. The highest BCUT2D eigenvalue weighted by atomic mass is 31.2. The number of carbonyl (C=O) groups is 2. The van der Waals surface area contributed by atoms with E-state index in [9.17, 15) is 24.9 Å². The lowest BCUT2D eigenvalue weighted by atomic mass is 9.67. The predicted molar refractivity (Wildman–Crippen MR) is 458 cm³/mol. The van der Waals surface area contributed by atoms with Gasteiger partial charge in [0, 0.05) is 12.0 Å². The van der Waals surface area contributed by atoms with E-state index in [1.54, 1.807) is 25.1 Å². The van der Waals surface area contributed by atoms with Gasteiger partial charge in [-0.25, -0.2) is 0 Å². The molecule has 0 unspecified atom stereocenters. The van der Waals surface area contributed by atoms with E-state index in [1.165, 1.54) is 21.2 Å². The second-order valence-corrected chi connectivity index (χ2v) is 30.1. The summed E-state index contributed by atoms with van der Waals surface area (Å²) in [6, 6.07) is 150. The van der Waals surface area contributed by atoms with Crippen molar-refractivity contribution in [3.8, 4) is 5.75 Å². The first-order chi connectivity index (χ1) is 54.2. The van der Waals surface area contributed by atoms with Crippen molar-refractivity contribution in [3.63, 3.8) is 0 Å². The van der Waals surface area contributed by atoms with Crippen LogP contribution in [0.2, 0.25) is 0 Å². The van der Waals surface area contributed by atoms with Crippen molar-refractivity contribution in [2.24, 2.45) is 0 Å². The number of hydrogen-bond donors (Lipinski definition) is 3. The van der Waals surface area contributed by atoms with Crippen LogP contribution in [0.3, 0.4) is 0 Å². The Labute approximate surface area is 648 Å². The van der Waals surface area contributed by atoms with Crippen LogP contribution in [0.4, 0.5) is 0 Å². The molecule has 0 atom stereocenters. The van der Waals surface area contributed by atoms with Gasteiger partial charge in [0.1, 0.15) is 28.8 Å². The van der Waals surface area contributed by atoms with E-state index in [4.69, 9.17) is 0 Å². The van der Waals surface area contributed by atoms with Crippen LogP contribution in [0.15, 0.2) is 473 Å². The second-order valence-electron chi connectivity index (χ2n) is 26.7. The highest BCUT2D eigenvalue weighted by molar-refractivity contribution is 7.95. The molecule has 0 bridgehead atoms. The molecule has 0 heterocycles. The highest BCUT2D eigenvalue weighted by Crippen LogP contribution is 2.48. The van der Waals surface area contributed by atoms with E-state index in [0.717, 1.165) is 67.5 Å². The van der Waals surface area contributed by atoms with Crippen molar-refractivity contribution in [3.05, 3.63) is 540 Å². The molecule has 1 aliphatic rings. The van der Waals surface area contributed by atoms with Crippen LogP contribution in [-0.2, 0) is 31.4 Å². The lowest BCUT2D eigenvalue weighted by molar-refractivity contribution is -0.120. The maximum atomic E-state index is 12.9. The van der Waals surface area contributed by atoms with Gasteiger partial charge < -0.3 is 20.1 Å². The average Bonchev–Trinajstić information content (AvgIpc) is 1.26. The minimum Gasteiger partial charge on any atom is -0.508 e. The van der Waals surface area contributed by atoms with E-state index in [0.29, 0.717) is 12.0 Å². The van der Waals surface area contributed by atoms with Crippen molar-refractivity contribution >= 4 is 40.2 Å². The van der Waals surface area contributed by atoms with Crippen molar-refractivity contribution in [2.75, 3.05) is 6.61 Å². The SMILES string of the molecule is C1=CC(=P(c2ccccc2)(c2ccccc2)c2ccccc2)C=C1.CC(=O)C(c1ccccc1)(c1ccccc1)c1ccccc1.O=CCC(c1ccccc1)(c1ccccc1)c1ccccc1.OCC(c1ccccc1)(c1ccccc1)c1ccccc1.Oc1ccccc1C(O)(c1ccccc1)c1ccccc1. The van der Waals surface area contributed by atoms with Gasteiger partial charge in [0.05, 0.1) is 17.4 Å². The number of para-hydroxylation sites is 1. The third kappa shape index (κ3) is 16.5. The molecule has 0 saturated carbocycles. The van der Waals surface area contributed by atoms with Crippen LogP contribution >= 0.6 is 6.89 Å². The quantitative estimate of drug-likeness (QED) is 0.0426. The molecule has 0 amide bonds. The molecule has 15 aromatic rings. The fourth-order valence-corrected chi connectivity index (χ4v) is 19.6. The lowest BCUT2D eigenvalue weighted by Crippen LogP contribution is -2.36. The minimum atomic E-state index is -1.86. The Morgan fingerprint density at radius 3 is 0.755 bits per heavy atom. The topological polar surface area (TPSA) is 94.8 Å². The summed E-state index contributed by atoms with van der Waals surface area (Å²) in [6.45, 7) is -0.151. The van der Waals surface area contributed by atoms with Crippen LogP contribution < -0.4 is 15.9 Å². The summed E-state index contributed by atoms with van der Waals surface area (Å²) >= 11 is 0. The molecular formula is C104H89O5P. The van der Waals surface area contributed by atoms with Crippen molar-refractivity contribution in [1.29, 1.82) is 0 Å². The van der Waals surface area contributed by atoms with Gasteiger partial charge in [0.15, 0.2) is 0 Å². The number of aliphatic hydroxyl groups is 2. The van der Waals surface area contributed by atoms with Gasteiger partial charge in [-0.2, -0.15) is 0 Å². The summed E-state index contributed by atoms with van der Waals surface area (Å²) in [5.74, 6) is 0.198. The summed E-state index contributed by atoms with van der Waals surface area (Å²) in [6.07, 6.45) is 10.3. The fraction of sp³-hybridized carbons (Fsp3) is 0.0673. The van der Waals surface area contributed by atoms with Crippen LogP contribution in [0.5, 0.6) is 5.75 Å². The van der Waals surface area contributed by atoms with Gasteiger partial charge in [-0.3, -0.25) is 4.79 Å². The largest absolute Gasteiger partial charge is 0.508 e. The fourth-order valence-electron chi connectivity index (χ4n) is 15.3. The first-order valence-corrected chi connectivity index (χ1v) is 38.9. The molecule has 16 rings (SSSR count). The first kappa shape index (κ1) is 76.8. The van der Waals surface area contributed by atoms with Gasteiger partial charge in [0.25, 0.3) is 0 Å². The number of phenols is 1. The predicted octanol–water partition coefficient (Wildman–Crippen LogP) is 21.2. The molecule has 0 fully saturated rings. The van der Waals surface area contributed by atoms with Crippen molar-refractivity contribution in [1.82, 2.24) is 0 Å². The number of rotatable bonds is 19. The third-order valence-corrected chi connectivity index (χ3v) is 24.8. The Morgan fingerprint density at radius 1 is 0.300 bits per heavy atom. The molecule has 0 aromatic heterocycles. The van der Waals surface area contributed by atoms with E-state index in [2.05, 4.69) is 188 Å². The minimum absolute atomic E-state index is 0.0328. The van der Waals surface area contributed by atoms with Crippen LogP contribution in [0, 0.1) is 0 Å². The molecular weight excluding hydrogens is 1360 g/mol. The number of aromatic hydroxyl groups is 1. The number of allylic oxidation sites excluding steroid dienone is 4. The monoisotopic (exact) mass is 1450 g/mol. The maximum Gasteiger partial charge on any atom is 0.149 e. The van der Waals surface area contributed by atoms with Gasteiger partial charge in [0.2, 0.25) is 0 Å². The van der Waals surface area contributed by atoms with Crippen molar-refractivity contribution in [2.45, 2.75) is 35.2 Å². The Hall–Kier alpha value is -12.9. The molecule has 0 aliphatic heterocycles. The van der Waals surface area contributed by atoms with E-state index < -0.39 is 28.7 Å². The number of ketones is 1. The molecule has 0 saturated heterocycles. The zero-order valence-corrected chi connectivity index (χ0v) is 62.5. The number of Topliss-reactive ketones (excluding diaryl/α,β-unsaturated/α-hetero) is 1. The maximum absolute atomic E-state index is 12.9. The number of aliphatic hydroxyl groups excluding tert-OH is 1. The lowest BCUT2D eigenvalue weighted by Gasteiger charge is -2.34. The molecule has 15 aromatic carbocycles. The number of aldehydes is 1. The zero-order chi connectivity index (χ0) is 76.2. The Kier molecular flexibility index (Phi) is 26.2. The molecule has 540 valence electrons. The van der Waals surface area contributed by atoms with Gasteiger partial charge >= 0.3 is 0 Å². The van der Waals surface area contributed by atoms with Crippen LogP contribution in [0.25, 0.3) is 0 Å². The highest BCUT2D eigenvalue weighted by Gasteiger charge is 2.42. The number of hydrogen-bond acceptors (Lipinski definition) is 5. The van der Waals surface area contributed by atoms with Gasteiger partial charge in [-0.05, 0) is 102 Å². The molecule has 110 heavy (non-hydrogen) atoms. The summed E-state index contributed by atoms with van der Waals surface area (Å²) < 4.78 is 0. The number of benzene rings is 15. The van der Waals surface area contributed by atoms with E-state index in [1.807, 2.05) is 267 Å². The van der Waals surface area contributed by atoms with Gasteiger partial charge in [-0.15, -0.1) is 0 Å². The summed E-state index contributed by atoms with van der Waals surface area (Å²) in [4.78, 5) is 24.4. The zero-order valence-electron chi connectivity index (χ0n) is 61.6. The molecule has 6 heteroatoms. The Bertz CT molecular complexity index is 4940. The second kappa shape index (κ2) is 37.6. The van der Waals surface area contributed by atoms with Crippen molar-refractivity contribution < 1.29 is 24.9 Å². The average molecular weight is 1450 g/mol. The normalized spacial score (nSPS) is 11.7. The number of carbonyl (C=O) groups excluding carboxylic acids is 2. The standard InChI is InChI=1S/C23H19P.2C21H18O.C20H18O.C19H16O2/c1-4-12-20(13-5-1)24(23-18-10-11-19-23,21-14-6-2-7-15-21)22-16-8-3-9-17-22;1-17(22)21(18-11-5-2-6-12-18,19-13-7-3-8-14-19)20-15-9-4-10-16-20;22-17-16-21(18-10-4-1-5-11-18,19-12-6-2-7-13-19)20-14-8-3-9-15-20;21-16-20(17-10-4-1-5-11-17,18-12-6-2-7-13-18)19-14-8-3-9-15-19;20-18-14-8-7-13-17(18)19(21,15-9-3-1-4-10-15)16-11-5-2-6-12-16/h1-19H;2-16H,1H3;1-15,17H,16H2;1-15,21H,16H2;1-14,20-21H. The first-order valence-electron chi connectivity index (χ1n) is 37.1. The number of phenolic OH excluding ortho intramolecular Hbond substituents is 1. The van der Waals surface area contributed by atoms with Crippen LogP contribution in [0.1, 0.15) is 80.1 Å². The molecule has 0 radical (unpaired) electrons. The Balaban J connectivity index is 0.000000128. The molecule has 0 spiro atoms. The summed E-state index contributed by atoms with van der Waals surface area (Å²) in [5, 5.41) is 37.6. The van der Waals surface area contributed by atoms with Crippen LogP contribution in [-0.4, -0.2) is 39.3 Å². The smallest absolute Gasteiger partial charge is 0.149 e.